The highest BCUT2D eigenvalue weighted by Crippen LogP contribution is 2.33. The van der Waals surface area contributed by atoms with Crippen LogP contribution in [0.1, 0.15) is 28.8 Å². The van der Waals surface area contributed by atoms with Gasteiger partial charge in [0.2, 0.25) is 5.91 Å². The molecule has 1 aliphatic rings. The third-order valence-corrected chi connectivity index (χ3v) is 4.78. The Hall–Kier alpha value is -2.89. The van der Waals surface area contributed by atoms with Crippen LogP contribution in [0.3, 0.4) is 0 Å². The molecule has 0 atom stereocenters. The first-order chi connectivity index (χ1) is 12.0. The van der Waals surface area contributed by atoms with Crippen molar-refractivity contribution in [2.45, 2.75) is 19.3 Å². The predicted molar refractivity (Wildman–Crippen MR) is 96.7 cm³/mol. The van der Waals surface area contributed by atoms with Gasteiger partial charge in [0, 0.05) is 24.7 Å². The van der Waals surface area contributed by atoms with E-state index in [1.807, 2.05) is 23.1 Å². The maximum absolute atomic E-state index is 11.4. The second-order valence-electron chi connectivity index (χ2n) is 6.45. The Morgan fingerprint density at radius 3 is 2.44 bits per heavy atom. The average Bonchev–Trinajstić information content (AvgIpc) is 2.62. The number of hydrogen-bond acceptors (Lipinski definition) is 4. The van der Waals surface area contributed by atoms with Gasteiger partial charge in [0.25, 0.3) is 5.69 Å². The number of benzene rings is 2. The first kappa shape index (κ1) is 17.0. The molecule has 1 aliphatic heterocycles. The molecule has 1 fully saturated rings. The zero-order chi connectivity index (χ0) is 17.8. The highest BCUT2D eigenvalue weighted by molar-refractivity contribution is 5.94. The summed E-state index contributed by atoms with van der Waals surface area (Å²) in [7, 11) is 0. The zero-order valence-electron chi connectivity index (χ0n) is 13.9. The van der Waals surface area contributed by atoms with Gasteiger partial charge in [-0.15, -0.1) is 0 Å². The largest absolute Gasteiger partial charge is 0.366 e. The maximum Gasteiger partial charge on any atom is 0.293 e. The number of primary amides is 1. The molecule has 130 valence electrons. The third kappa shape index (κ3) is 3.96. The summed E-state index contributed by atoms with van der Waals surface area (Å²) in [5, 5.41) is 11.4. The van der Waals surface area contributed by atoms with Crippen LogP contribution in [0.15, 0.2) is 48.5 Å². The molecule has 0 saturated carbocycles. The van der Waals surface area contributed by atoms with Crippen molar-refractivity contribution in [2.24, 2.45) is 11.7 Å². The number of nitro groups is 1. The fourth-order valence-electron chi connectivity index (χ4n) is 3.42. The lowest BCUT2D eigenvalue weighted by Gasteiger charge is -2.33. The number of nitrogens with zero attached hydrogens (tertiary/aromatic N) is 2. The SMILES string of the molecule is NC(=O)c1ccc(N2CCC(Cc3ccccc3)CC2)c([N+](=O)[O-])c1. The number of rotatable bonds is 5. The second kappa shape index (κ2) is 7.34. The van der Waals surface area contributed by atoms with E-state index in [9.17, 15) is 14.9 Å². The number of nitro benzene ring substituents is 1. The van der Waals surface area contributed by atoms with E-state index in [1.54, 1.807) is 12.1 Å². The molecule has 3 rings (SSSR count). The van der Waals surface area contributed by atoms with Crippen LogP contribution >= 0.6 is 0 Å². The summed E-state index contributed by atoms with van der Waals surface area (Å²) in [5.41, 5.74) is 7.23. The monoisotopic (exact) mass is 339 g/mol. The Kier molecular flexibility index (Phi) is 4.97. The van der Waals surface area contributed by atoms with E-state index in [0.717, 1.165) is 32.4 Å². The van der Waals surface area contributed by atoms with Gasteiger partial charge in [-0.3, -0.25) is 14.9 Å². The zero-order valence-corrected chi connectivity index (χ0v) is 13.9. The Morgan fingerprint density at radius 1 is 1.16 bits per heavy atom. The summed E-state index contributed by atoms with van der Waals surface area (Å²) < 4.78 is 0. The molecule has 6 nitrogen and oxygen atoms in total. The number of hydrogen-bond donors (Lipinski definition) is 1. The van der Waals surface area contributed by atoms with E-state index in [1.165, 1.54) is 11.6 Å². The first-order valence-corrected chi connectivity index (χ1v) is 8.41. The molecule has 6 heteroatoms. The molecule has 0 radical (unpaired) electrons. The van der Waals surface area contributed by atoms with Gasteiger partial charge >= 0.3 is 0 Å². The number of piperidine rings is 1. The molecule has 1 heterocycles. The van der Waals surface area contributed by atoms with Crippen LogP contribution in [0.5, 0.6) is 0 Å². The van der Waals surface area contributed by atoms with Crippen LogP contribution in [0.25, 0.3) is 0 Å². The van der Waals surface area contributed by atoms with Gasteiger partial charge in [-0.25, -0.2) is 0 Å². The van der Waals surface area contributed by atoms with Crippen molar-refractivity contribution in [1.82, 2.24) is 0 Å². The highest BCUT2D eigenvalue weighted by atomic mass is 16.6. The lowest BCUT2D eigenvalue weighted by molar-refractivity contribution is -0.384. The topological polar surface area (TPSA) is 89.5 Å². The highest BCUT2D eigenvalue weighted by Gasteiger charge is 2.25. The number of carbonyl (C=O) groups is 1. The lowest BCUT2D eigenvalue weighted by Crippen LogP contribution is -2.34. The van der Waals surface area contributed by atoms with Crippen molar-refractivity contribution in [3.63, 3.8) is 0 Å². The molecule has 1 saturated heterocycles. The standard InChI is InChI=1S/C19H21N3O3/c20-19(23)16-6-7-17(18(13-16)22(24)25)21-10-8-15(9-11-21)12-14-4-2-1-3-5-14/h1-7,13,15H,8-12H2,(H2,20,23). The van der Waals surface area contributed by atoms with Crippen LogP contribution in [-0.2, 0) is 6.42 Å². The summed E-state index contributed by atoms with van der Waals surface area (Å²) in [5.74, 6) is -0.0705. The number of amides is 1. The summed E-state index contributed by atoms with van der Waals surface area (Å²) in [6.45, 7) is 1.54. The molecule has 0 unspecified atom stereocenters. The molecule has 25 heavy (non-hydrogen) atoms. The Bertz CT molecular complexity index is 769. The van der Waals surface area contributed by atoms with Crippen molar-refractivity contribution in [1.29, 1.82) is 0 Å². The molecule has 0 bridgehead atoms. The van der Waals surface area contributed by atoms with Gasteiger partial charge in [-0.1, -0.05) is 30.3 Å². The van der Waals surface area contributed by atoms with Gasteiger partial charge in [0.05, 0.1) is 4.92 Å². The minimum atomic E-state index is -0.656. The minimum absolute atomic E-state index is 0.0576. The summed E-state index contributed by atoms with van der Waals surface area (Å²) in [6.07, 6.45) is 3.02. The van der Waals surface area contributed by atoms with Crippen molar-refractivity contribution in [3.8, 4) is 0 Å². The predicted octanol–water partition coefficient (Wildman–Crippen LogP) is 3.15. The van der Waals surface area contributed by atoms with Gasteiger partial charge < -0.3 is 10.6 Å². The second-order valence-corrected chi connectivity index (χ2v) is 6.45. The van der Waals surface area contributed by atoms with E-state index in [0.29, 0.717) is 11.6 Å². The van der Waals surface area contributed by atoms with Crippen LogP contribution in [0, 0.1) is 16.0 Å². The molecule has 0 spiro atoms. The third-order valence-electron chi connectivity index (χ3n) is 4.78. The molecule has 2 N–H and O–H groups in total. The van der Waals surface area contributed by atoms with Crippen LogP contribution < -0.4 is 10.6 Å². The van der Waals surface area contributed by atoms with Crippen molar-refractivity contribution in [3.05, 3.63) is 69.8 Å². The maximum atomic E-state index is 11.4. The molecular weight excluding hydrogens is 318 g/mol. The molecule has 2 aromatic rings. The number of nitrogens with two attached hydrogens (primary N) is 1. The molecule has 1 amide bonds. The van der Waals surface area contributed by atoms with E-state index >= 15 is 0 Å². The van der Waals surface area contributed by atoms with Gasteiger partial charge in [0.1, 0.15) is 5.69 Å². The van der Waals surface area contributed by atoms with Crippen molar-refractivity contribution in [2.75, 3.05) is 18.0 Å². The van der Waals surface area contributed by atoms with Crippen LogP contribution in [0.4, 0.5) is 11.4 Å². The first-order valence-electron chi connectivity index (χ1n) is 8.41. The quantitative estimate of drug-likeness (QED) is 0.669. The normalized spacial score (nSPS) is 15.1. The van der Waals surface area contributed by atoms with Crippen molar-refractivity contribution >= 4 is 17.3 Å². The van der Waals surface area contributed by atoms with Gasteiger partial charge in [0.15, 0.2) is 0 Å². The molecule has 2 aromatic carbocycles. The Balaban J connectivity index is 1.70. The summed E-state index contributed by atoms with van der Waals surface area (Å²) in [4.78, 5) is 24.2. The van der Waals surface area contributed by atoms with Crippen LogP contribution in [0.2, 0.25) is 0 Å². The fraction of sp³-hybridized carbons (Fsp3) is 0.316. The fourth-order valence-corrected chi connectivity index (χ4v) is 3.42. The van der Waals surface area contributed by atoms with E-state index in [2.05, 4.69) is 12.1 Å². The molecule has 0 aliphatic carbocycles. The van der Waals surface area contributed by atoms with Gasteiger partial charge in [-0.05, 0) is 42.9 Å². The smallest absolute Gasteiger partial charge is 0.293 e. The van der Waals surface area contributed by atoms with E-state index < -0.39 is 10.8 Å². The molecular formula is C19H21N3O3. The Labute approximate surface area is 146 Å². The van der Waals surface area contributed by atoms with Gasteiger partial charge in [-0.2, -0.15) is 0 Å². The van der Waals surface area contributed by atoms with Crippen molar-refractivity contribution < 1.29 is 9.72 Å². The lowest BCUT2D eigenvalue weighted by atomic mass is 9.90. The number of carbonyl (C=O) groups excluding carboxylic acids is 1. The number of anilines is 1. The average molecular weight is 339 g/mol. The summed E-state index contributed by atoms with van der Waals surface area (Å²) >= 11 is 0. The minimum Gasteiger partial charge on any atom is -0.366 e. The Morgan fingerprint density at radius 2 is 1.84 bits per heavy atom. The van der Waals surface area contributed by atoms with E-state index in [4.69, 9.17) is 5.73 Å². The molecule has 0 aromatic heterocycles. The summed E-state index contributed by atoms with van der Waals surface area (Å²) in [6, 6.07) is 14.9. The van der Waals surface area contributed by atoms with E-state index in [-0.39, 0.29) is 11.3 Å². The van der Waals surface area contributed by atoms with Crippen LogP contribution in [-0.4, -0.2) is 23.9 Å².